The fraction of sp³-hybridized carbons (Fsp3) is 0.409. The Bertz CT molecular complexity index is 963. The zero-order valence-electron chi connectivity index (χ0n) is 17.0. The summed E-state index contributed by atoms with van der Waals surface area (Å²) in [5, 5.41) is 0. The van der Waals surface area contributed by atoms with Gasteiger partial charge >= 0.3 is 0 Å². The summed E-state index contributed by atoms with van der Waals surface area (Å²) < 4.78 is 4.03. The fourth-order valence-electron chi connectivity index (χ4n) is 4.01. The molecule has 7 nitrogen and oxygen atoms in total. The van der Waals surface area contributed by atoms with E-state index in [1.807, 2.05) is 59.1 Å². The van der Waals surface area contributed by atoms with Crippen molar-refractivity contribution < 1.29 is 9.59 Å². The summed E-state index contributed by atoms with van der Waals surface area (Å²) in [4.78, 5) is 33.0. The van der Waals surface area contributed by atoms with E-state index < -0.39 is 0 Å². The Kier molecular flexibility index (Phi) is 5.38. The van der Waals surface area contributed by atoms with Gasteiger partial charge in [-0.25, -0.2) is 4.98 Å². The van der Waals surface area contributed by atoms with Crippen LogP contribution < -0.4 is 0 Å². The van der Waals surface area contributed by atoms with Crippen molar-refractivity contribution in [3.63, 3.8) is 0 Å². The van der Waals surface area contributed by atoms with E-state index in [1.54, 1.807) is 12.3 Å². The van der Waals surface area contributed by atoms with E-state index in [-0.39, 0.29) is 11.8 Å². The first-order valence-electron chi connectivity index (χ1n) is 10.0. The minimum absolute atomic E-state index is 0.0248. The monoisotopic (exact) mass is 393 g/mol. The largest absolute Gasteiger partial charge is 0.357 e. The molecule has 0 saturated carbocycles. The first-order valence-corrected chi connectivity index (χ1v) is 10.0. The van der Waals surface area contributed by atoms with Crippen LogP contribution in [-0.4, -0.2) is 61.9 Å². The van der Waals surface area contributed by atoms with Crippen molar-refractivity contribution in [1.29, 1.82) is 0 Å². The van der Waals surface area contributed by atoms with E-state index in [4.69, 9.17) is 0 Å². The summed E-state index contributed by atoms with van der Waals surface area (Å²) >= 11 is 0. The molecule has 0 aromatic carbocycles. The van der Waals surface area contributed by atoms with E-state index in [1.165, 1.54) is 11.1 Å². The summed E-state index contributed by atoms with van der Waals surface area (Å²) in [5.41, 5.74) is 3.47. The molecular formula is C22H27N5O2. The molecule has 0 radical (unpaired) electrons. The van der Waals surface area contributed by atoms with Crippen LogP contribution >= 0.6 is 0 Å². The van der Waals surface area contributed by atoms with Gasteiger partial charge in [0.05, 0.1) is 0 Å². The molecule has 2 aliphatic heterocycles. The van der Waals surface area contributed by atoms with Gasteiger partial charge in [0.15, 0.2) is 0 Å². The molecule has 0 fully saturated rings. The van der Waals surface area contributed by atoms with Gasteiger partial charge in [-0.2, -0.15) is 0 Å². The van der Waals surface area contributed by atoms with Crippen LogP contribution in [0.15, 0.2) is 48.1 Å². The molecule has 7 heteroatoms. The highest BCUT2D eigenvalue weighted by Crippen LogP contribution is 2.26. The number of imidazole rings is 1. The van der Waals surface area contributed by atoms with Crippen LogP contribution in [0.1, 0.15) is 24.2 Å². The molecule has 0 spiro atoms. The SMILES string of the molecule is Cc1nccn1CCCC(=O)N1CC2=C(CN(C(=O)/C=C/c3ccn(C)c3)C2)C1. The van der Waals surface area contributed by atoms with Crippen molar-refractivity contribution in [3.8, 4) is 0 Å². The van der Waals surface area contributed by atoms with E-state index in [9.17, 15) is 9.59 Å². The van der Waals surface area contributed by atoms with Gasteiger partial charge in [-0.05, 0) is 42.2 Å². The standard InChI is InChI=1S/C22H27N5O2/c1-17-23-8-11-25(17)9-3-4-21(28)26-13-19-15-27(16-20(19)14-26)22(29)6-5-18-7-10-24(2)12-18/h5-8,10-12H,3-4,9,13-16H2,1-2H3/b6-5+. The van der Waals surface area contributed by atoms with Crippen LogP contribution in [0.3, 0.4) is 0 Å². The third-order valence-corrected chi connectivity index (χ3v) is 5.68. The molecule has 0 bridgehead atoms. The van der Waals surface area contributed by atoms with Crippen LogP contribution in [0.4, 0.5) is 0 Å². The number of hydrogen-bond donors (Lipinski definition) is 0. The molecule has 0 atom stereocenters. The second-order valence-corrected chi connectivity index (χ2v) is 7.87. The van der Waals surface area contributed by atoms with Gasteiger partial charge in [0.2, 0.25) is 11.8 Å². The average molecular weight is 393 g/mol. The van der Waals surface area contributed by atoms with Crippen LogP contribution in [-0.2, 0) is 23.2 Å². The lowest BCUT2D eigenvalue weighted by atomic mass is 10.2. The topological polar surface area (TPSA) is 63.4 Å². The van der Waals surface area contributed by atoms with Crippen molar-refractivity contribution >= 4 is 17.9 Å². The smallest absolute Gasteiger partial charge is 0.247 e. The number of carbonyl (C=O) groups is 2. The summed E-state index contributed by atoms with van der Waals surface area (Å²) in [6.07, 6.45) is 12.5. The van der Waals surface area contributed by atoms with E-state index >= 15 is 0 Å². The summed E-state index contributed by atoms with van der Waals surface area (Å²) in [6.45, 7) is 5.36. The Morgan fingerprint density at radius 2 is 1.83 bits per heavy atom. The summed E-state index contributed by atoms with van der Waals surface area (Å²) in [7, 11) is 1.96. The number of amides is 2. The molecule has 0 saturated heterocycles. The van der Waals surface area contributed by atoms with Gasteiger partial charge in [0.1, 0.15) is 5.82 Å². The molecule has 0 N–H and O–H groups in total. The quantitative estimate of drug-likeness (QED) is 0.557. The minimum atomic E-state index is 0.0248. The van der Waals surface area contributed by atoms with Crippen molar-refractivity contribution in [2.45, 2.75) is 26.3 Å². The molecule has 29 heavy (non-hydrogen) atoms. The van der Waals surface area contributed by atoms with E-state index in [2.05, 4.69) is 9.55 Å². The van der Waals surface area contributed by atoms with Gasteiger partial charge in [-0.1, -0.05) is 0 Å². The Morgan fingerprint density at radius 3 is 2.45 bits per heavy atom. The highest BCUT2D eigenvalue weighted by Gasteiger charge is 2.33. The molecule has 2 aromatic rings. The van der Waals surface area contributed by atoms with Crippen LogP contribution in [0.2, 0.25) is 0 Å². The normalized spacial score (nSPS) is 16.3. The Morgan fingerprint density at radius 1 is 1.10 bits per heavy atom. The third-order valence-electron chi connectivity index (χ3n) is 5.68. The van der Waals surface area contributed by atoms with Gasteiger partial charge in [-0.3, -0.25) is 9.59 Å². The molecule has 4 rings (SSSR count). The van der Waals surface area contributed by atoms with E-state index in [0.29, 0.717) is 32.6 Å². The maximum absolute atomic E-state index is 12.5. The van der Waals surface area contributed by atoms with Crippen LogP contribution in [0, 0.1) is 6.92 Å². The molecule has 4 heterocycles. The number of hydrogen-bond acceptors (Lipinski definition) is 3. The first kappa shape index (κ1) is 19.2. The molecule has 152 valence electrons. The van der Waals surface area contributed by atoms with Gasteiger partial charge in [-0.15, -0.1) is 0 Å². The lowest BCUT2D eigenvalue weighted by molar-refractivity contribution is -0.130. The number of nitrogens with zero attached hydrogens (tertiary/aromatic N) is 5. The molecular weight excluding hydrogens is 366 g/mol. The highest BCUT2D eigenvalue weighted by atomic mass is 16.2. The number of carbonyl (C=O) groups excluding carboxylic acids is 2. The Labute approximate surface area is 170 Å². The molecule has 0 aliphatic carbocycles. The van der Waals surface area contributed by atoms with Crippen molar-refractivity contribution in [2.24, 2.45) is 7.05 Å². The number of aromatic nitrogens is 3. The van der Waals surface area contributed by atoms with Crippen molar-refractivity contribution in [1.82, 2.24) is 23.9 Å². The lowest BCUT2D eigenvalue weighted by Gasteiger charge is -2.22. The maximum atomic E-state index is 12.5. The van der Waals surface area contributed by atoms with Crippen molar-refractivity contribution in [3.05, 3.63) is 59.5 Å². The fourth-order valence-corrected chi connectivity index (χ4v) is 4.01. The Balaban J connectivity index is 1.22. The van der Waals surface area contributed by atoms with E-state index in [0.717, 1.165) is 24.4 Å². The predicted octanol–water partition coefficient (Wildman–Crippen LogP) is 2.00. The number of aryl methyl sites for hydroxylation is 3. The van der Waals surface area contributed by atoms with Gasteiger partial charge in [0, 0.05) is 77.1 Å². The predicted molar refractivity (Wildman–Crippen MR) is 111 cm³/mol. The zero-order chi connectivity index (χ0) is 20.4. The summed E-state index contributed by atoms with van der Waals surface area (Å²) in [5.74, 6) is 1.20. The van der Waals surface area contributed by atoms with Crippen LogP contribution in [0.5, 0.6) is 0 Å². The first-order chi connectivity index (χ1) is 14.0. The number of rotatable bonds is 6. The maximum Gasteiger partial charge on any atom is 0.247 e. The molecule has 0 unspecified atom stereocenters. The zero-order valence-corrected chi connectivity index (χ0v) is 17.0. The third kappa shape index (κ3) is 4.34. The summed E-state index contributed by atoms with van der Waals surface area (Å²) in [6, 6.07) is 1.98. The van der Waals surface area contributed by atoms with Gasteiger partial charge < -0.3 is 18.9 Å². The van der Waals surface area contributed by atoms with Gasteiger partial charge in [0.25, 0.3) is 0 Å². The highest BCUT2D eigenvalue weighted by molar-refractivity contribution is 5.92. The molecule has 2 aromatic heterocycles. The average Bonchev–Trinajstić information content (AvgIpc) is 3.44. The minimum Gasteiger partial charge on any atom is -0.357 e. The van der Waals surface area contributed by atoms with Crippen molar-refractivity contribution in [2.75, 3.05) is 26.2 Å². The second-order valence-electron chi connectivity index (χ2n) is 7.87. The second kappa shape index (κ2) is 8.11. The lowest BCUT2D eigenvalue weighted by Crippen LogP contribution is -2.35. The van der Waals surface area contributed by atoms with Crippen LogP contribution in [0.25, 0.3) is 6.08 Å². The molecule has 2 amide bonds. The Hall–Kier alpha value is -3.09. The molecule has 2 aliphatic rings.